The molecule has 0 aromatic heterocycles. The number of allylic oxidation sites excluding steroid dienone is 2. The Labute approximate surface area is 70.3 Å². The lowest BCUT2D eigenvalue weighted by Gasteiger charge is -2.05. The normalized spacial score (nSPS) is 25.7. The SMILES string of the molecule is CS(=O)OCCC1C=CCC1. The summed E-state index contributed by atoms with van der Waals surface area (Å²) >= 11 is -1.09. The van der Waals surface area contributed by atoms with Crippen molar-refractivity contribution in [2.75, 3.05) is 12.9 Å². The Morgan fingerprint density at radius 2 is 2.55 bits per heavy atom. The van der Waals surface area contributed by atoms with Gasteiger partial charge in [0, 0.05) is 6.26 Å². The molecule has 1 aliphatic carbocycles. The van der Waals surface area contributed by atoms with Crippen LogP contribution in [0.1, 0.15) is 19.3 Å². The number of hydrogen-bond donors (Lipinski definition) is 0. The van der Waals surface area contributed by atoms with E-state index in [2.05, 4.69) is 12.2 Å². The van der Waals surface area contributed by atoms with Crippen LogP contribution in [-0.4, -0.2) is 17.1 Å². The summed E-state index contributed by atoms with van der Waals surface area (Å²) in [5.74, 6) is 0.665. The van der Waals surface area contributed by atoms with E-state index < -0.39 is 11.1 Å². The zero-order valence-electron chi connectivity index (χ0n) is 6.79. The van der Waals surface area contributed by atoms with Crippen LogP contribution in [0.2, 0.25) is 0 Å². The van der Waals surface area contributed by atoms with E-state index in [-0.39, 0.29) is 0 Å². The first-order chi connectivity index (χ1) is 5.29. The van der Waals surface area contributed by atoms with Crippen molar-refractivity contribution in [1.82, 2.24) is 0 Å². The lowest BCUT2D eigenvalue weighted by molar-refractivity contribution is 0.319. The van der Waals surface area contributed by atoms with Gasteiger partial charge in [0.05, 0.1) is 6.61 Å². The Hall–Kier alpha value is -0.150. The van der Waals surface area contributed by atoms with Gasteiger partial charge in [-0.3, -0.25) is 4.18 Å². The average molecular weight is 174 g/mol. The van der Waals surface area contributed by atoms with Crippen molar-refractivity contribution in [3.63, 3.8) is 0 Å². The third kappa shape index (κ3) is 3.68. The number of rotatable bonds is 4. The minimum absolute atomic E-state index is 0.623. The molecule has 2 unspecified atom stereocenters. The molecule has 0 saturated carbocycles. The molecule has 0 radical (unpaired) electrons. The highest BCUT2D eigenvalue weighted by molar-refractivity contribution is 7.79. The molecule has 0 spiro atoms. The maximum absolute atomic E-state index is 10.5. The number of hydrogen-bond acceptors (Lipinski definition) is 2. The van der Waals surface area contributed by atoms with Gasteiger partial charge in [0.25, 0.3) is 0 Å². The minimum Gasteiger partial charge on any atom is -0.291 e. The molecular weight excluding hydrogens is 160 g/mol. The summed E-state index contributed by atoms with van der Waals surface area (Å²) in [6.07, 6.45) is 9.43. The zero-order valence-corrected chi connectivity index (χ0v) is 7.60. The Kier molecular flexibility index (Phi) is 3.80. The Bertz CT molecular complexity index is 165. The van der Waals surface area contributed by atoms with Crippen LogP contribution in [0.3, 0.4) is 0 Å². The molecule has 0 aliphatic heterocycles. The molecule has 2 atom stereocenters. The van der Waals surface area contributed by atoms with Crippen molar-refractivity contribution >= 4 is 11.1 Å². The Morgan fingerprint density at radius 1 is 1.73 bits per heavy atom. The van der Waals surface area contributed by atoms with E-state index in [4.69, 9.17) is 4.18 Å². The van der Waals surface area contributed by atoms with E-state index in [1.165, 1.54) is 12.8 Å². The molecule has 0 bridgehead atoms. The molecule has 0 fully saturated rings. The predicted octanol–water partition coefficient (Wildman–Crippen LogP) is 1.65. The van der Waals surface area contributed by atoms with Crippen molar-refractivity contribution in [3.05, 3.63) is 12.2 Å². The van der Waals surface area contributed by atoms with Gasteiger partial charge in [0.2, 0.25) is 0 Å². The van der Waals surface area contributed by atoms with E-state index in [1.54, 1.807) is 6.26 Å². The third-order valence-electron chi connectivity index (χ3n) is 1.85. The molecule has 0 N–H and O–H groups in total. The smallest absolute Gasteiger partial charge is 0.152 e. The molecule has 0 amide bonds. The lowest BCUT2D eigenvalue weighted by Crippen LogP contribution is -2.01. The molecule has 11 heavy (non-hydrogen) atoms. The van der Waals surface area contributed by atoms with E-state index in [9.17, 15) is 4.21 Å². The molecule has 0 heterocycles. The molecule has 1 aliphatic rings. The van der Waals surface area contributed by atoms with Gasteiger partial charge in [0.15, 0.2) is 11.1 Å². The van der Waals surface area contributed by atoms with Crippen LogP contribution in [0, 0.1) is 5.92 Å². The highest BCUT2D eigenvalue weighted by Crippen LogP contribution is 2.19. The summed E-state index contributed by atoms with van der Waals surface area (Å²) < 4.78 is 15.4. The van der Waals surface area contributed by atoms with E-state index >= 15 is 0 Å². The summed E-state index contributed by atoms with van der Waals surface area (Å²) in [7, 11) is 0. The van der Waals surface area contributed by atoms with Crippen molar-refractivity contribution in [1.29, 1.82) is 0 Å². The van der Waals surface area contributed by atoms with Gasteiger partial charge < -0.3 is 0 Å². The van der Waals surface area contributed by atoms with Crippen LogP contribution in [0.5, 0.6) is 0 Å². The molecule has 3 heteroatoms. The topological polar surface area (TPSA) is 26.3 Å². The van der Waals surface area contributed by atoms with Crippen LogP contribution in [-0.2, 0) is 15.3 Å². The maximum Gasteiger partial charge on any atom is 0.152 e. The van der Waals surface area contributed by atoms with Gasteiger partial charge >= 0.3 is 0 Å². The van der Waals surface area contributed by atoms with E-state index in [0.29, 0.717) is 12.5 Å². The molecular formula is C8H14O2S. The van der Waals surface area contributed by atoms with Gasteiger partial charge in [-0.15, -0.1) is 0 Å². The fourth-order valence-corrected chi connectivity index (χ4v) is 1.58. The second-order valence-electron chi connectivity index (χ2n) is 2.78. The van der Waals surface area contributed by atoms with Crippen LogP contribution in [0.4, 0.5) is 0 Å². The second kappa shape index (κ2) is 4.67. The molecule has 2 nitrogen and oxygen atoms in total. The first-order valence-electron chi connectivity index (χ1n) is 3.92. The van der Waals surface area contributed by atoms with Gasteiger partial charge in [-0.05, 0) is 25.2 Å². The highest BCUT2D eigenvalue weighted by atomic mass is 32.2. The third-order valence-corrected chi connectivity index (χ3v) is 2.35. The molecule has 0 aromatic carbocycles. The van der Waals surface area contributed by atoms with Crippen LogP contribution < -0.4 is 0 Å². The van der Waals surface area contributed by atoms with Crippen LogP contribution in [0.15, 0.2) is 12.2 Å². The van der Waals surface area contributed by atoms with Crippen molar-refractivity contribution in [2.45, 2.75) is 19.3 Å². The summed E-state index contributed by atoms with van der Waals surface area (Å²) in [4.78, 5) is 0. The Morgan fingerprint density at radius 3 is 3.09 bits per heavy atom. The average Bonchev–Trinajstić information content (AvgIpc) is 2.39. The van der Waals surface area contributed by atoms with Gasteiger partial charge in [-0.2, -0.15) is 0 Å². The lowest BCUT2D eigenvalue weighted by atomic mass is 10.1. The van der Waals surface area contributed by atoms with E-state index in [1.807, 2.05) is 0 Å². The van der Waals surface area contributed by atoms with E-state index in [0.717, 1.165) is 6.42 Å². The zero-order chi connectivity index (χ0) is 8.10. The van der Waals surface area contributed by atoms with Crippen LogP contribution in [0.25, 0.3) is 0 Å². The predicted molar refractivity (Wildman–Crippen MR) is 46.5 cm³/mol. The van der Waals surface area contributed by atoms with Gasteiger partial charge in [-0.1, -0.05) is 12.2 Å². The van der Waals surface area contributed by atoms with Gasteiger partial charge in [0.1, 0.15) is 0 Å². The molecule has 1 rings (SSSR count). The fraction of sp³-hybridized carbons (Fsp3) is 0.750. The van der Waals surface area contributed by atoms with Crippen molar-refractivity contribution in [3.8, 4) is 0 Å². The first-order valence-corrected chi connectivity index (χ1v) is 5.40. The molecule has 64 valence electrons. The second-order valence-corrected chi connectivity index (χ2v) is 3.82. The first kappa shape index (κ1) is 8.94. The molecule has 0 saturated heterocycles. The fourth-order valence-electron chi connectivity index (χ4n) is 1.25. The van der Waals surface area contributed by atoms with Gasteiger partial charge in [-0.25, -0.2) is 4.21 Å². The van der Waals surface area contributed by atoms with Crippen molar-refractivity contribution < 1.29 is 8.39 Å². The summed E-state index contributed by atoms with van der Waals surface area (Å²) in [6.45, 7) is 0.623. The van der Waals surface area contributed by atoms with Crippen molar-refractivity contribution in [2.24, 2.45) is 5.92 Å². The van der Waals surface area contributed by atoms with Crippen LogP contribution >= 0.6 is 0 Å². The monoisotopic (exact) mass is 174 g/mol. The Balaban J connectivity index is 2.03. The summed E-state index contributed by atoms with van der Waals surface area (Å²) in [6, 6.07) is 0. The standard InChI is InChI=1S/C8H14O2S/c1-11(9)10-7-6-8-4-2-3-5-8/h2,4,8H,3,5-7H2,1H3. The molecule has 0 aromatic rings. The summed E-state index contributed by atoms with van der Waals surface area (Å²) in [5.41, 5.74) is 0. The highest BCUT2D eigenvalue weighted by Gasteiger charge is 2.08. The maximum atomic E-state index is 10.5. The quantitative estimate of drug-likeness (QED) is 0.606. The summed E-state index contributed by atoms with van der Waals surface area (Å²) in [5, 5.41) is 0. The minimum atomic E-state index is -1.09. The largest absolute Gasteiger partial charge is 0.291 e.